The minimum absolute atomic E-state index is 0.0989. The number of aliphatic carboxylic acids is 1. The fourth-order valence-corrected chi connectivity index (χ4v) is 2.99. The third kappa shape index (κ3) is 3.23. The molecule has 2 aliphatic rings. The molecule has 0 aromatic rings. The van der Waals surface area contributed by atoms with Gasteiger partial charge in [-0.05, 0) is 18.3 Å². The van der Waals surface area contributed by atoms with E-state index < -0.39 is 11.5 Å². The van der Waals surface area contributed by atoms with Gasteiger partial charge < -0.3 is 20.1 Å². The van der Waals surface area contributed by atoms with Crippen LogP contribution in [0.1, 0.15) is 39.5 Å². The Hall–Kier alpha value is -1.30. The molecule has 2 saturated heterocycles. The number of carboxylic acids is 1. The van der Waals surface area contributed by atoms with Gasteiger partial charge in [0.15, 0.2) is 0 Å². The number of carbonyl (C=O) groups excluding carboxylic acids is 1. The van der Waals surface area contributed by atoms with Crippen molar-refractivity contribution in [2.24, 2.45) is 5.41 Å². The molecule has 0 saturated carbocycles. The lowest BCUT2D eigenvalue weighted by Crippen LogP contribution is -2.61. The lowest BCUT2D eigenvalue weighted by atomic mass is 9.84. The van der Waals surface area contributed by atoms with Crippen molar-refractivity contribution >= 4 is 12.0 Å². The van der Waals surface area contributed by atoms with Gasteiger partial charge in [-0.25, -0.2) is 9.59 Å². The first-order valence-electron chi connectivity index (χ1n) is 7.23. The maximum Gasteiger partial charge on any atom is 0.329 e. The maximum atomic E-state index is 12.4. The molecule has 0 aromatic carbocycles. The molecule has 6 nitrogen and oxygen atoms in total. The molecule has 0 bridgehead atoms. The maximum absolute atomic E-state index is 12.4. The fourth-order valence-electron chi connectivity index (χ4n) is 2.99. The number of urea groups is 1. The topological polar surface area (TPSA) is 78.9 Å². The predicted molar refractivity (Wildman–Crippen MR) is 73.5 cm³/mol. The zero-order chi connectivity index (χ0) is 14.8. The standard InChI is InChI=1S/C14H24N2O4/c1-13(2)4-3-7-16(10-13)12(19)15-14(11(17)18)5-8-20-9-6-14/h3-10H2,1-2H3,(H,15,19)(H,17,18). The van der Waals surface area contributed by atoms with Crippen LogP contribution < -0.4 is 5.32 Å². The monoisotopic (exact) mass is 284 g/mol. The van der Waals surface area contributed by atoms with Gasteiger partial charge in [0.1, 0.15) is 5.54 Å². The Bertz CT molecular complexity index is 389. The molecule has 2 amide bonds. The van der Waals surface area contributed by atoms with E-state index in [-0.39, 0.29) is 11.4 Å². The average Bonchev–Trinajstić information content (AvgIpc) is 2.38. The molecule has 2 rings (SSSR count). The number of hydrogen-bond donors (Lipinski definition) is 2. The summed E-state index contributed by atoms with van der Waals surface area (Å²) in [6.07, 6.45) is 2.70. The minimum atomic E-state index is -1.17. The first-order chi connectivity index (χ1) is 9.35. The number of ether oxygens (including phenoxy) is 1. The normalized spacial score (nSPS) is 25.0. The van der Waals surface area contributed by atoms with Crippen LogP contribution in [0.15, 0.2) is 0 Å². The van der Waals surface area contributed by atoms with Crippen LogP contribution in [-0.2, 0) is 9.53 Å². The molecule has 0 aromatic heterocycles. The van der Waals surface area contributed by atoms with Crippen molar-refractivity contribution in [3.05, 3.63) is 0 Å². The molecule has 0 unspecified atom stereocenters. The van der Waals surface area contributed by atoms with Crippen LogP contribution in [0.5, 0.6) is 0 Å². The zero-order valence-electron chi connectivity index (χ0n) is 12.3. The van der Waals surface area contributed by atoms with Crippen molar-refractivity contribution < 1.29 is 19.4 Å². The molecule has 2 aliphatic heterocycles. The SMILES string of the molecule is CC1(C)CCCN(C(=O)NC2(C(=O)O)CCOCC2)C1. The average molecular weight is 284 g/mol. The van der Waals surface area contributed by atoms with Crippen LogP contribution in [0.4, 0.5) is 4.79 Å². The van der Waals surface area contributed by atoms with E-state index >= 15 is 0 Å². The number of amides is 2. The van der Waals surface area contributed by atoms with Gasteiger partial charge in [0.2, 0.25) is 0 Å². The minimum Gasteiger partial charge on any atom is -0.480 e. The predicted octanol–water partition coefficient (Wildman–Crippen LogP) is 1.45. The van der Waals surface area contributed by atoms with Crippen molar-refractivity contribution in [3.63, 3.8) is 0 Å². The van der Waals surface area contributed by atoms with E-state index in [4.69, 9.17) is 4.74 Å². The van der Waals surface area contributed by atoms with E-state index in [1.54, 1.807) is 4.90 Å². The molecule has 6 heteroatoms. The number of carboxylic acid groups (broad SMARTS) is 1. The smallest absolute Gasteiger partial charge is 0.329 e. The summed E-state index contributed by atoms with van der Waals surface area (Å²) in [4.78, 5) is 25.6. The van der Waals surface area contributed by atoms with Crippen LogP contribution in [0.3, 0.4) is 0 Å². The van der Waals surface area contributed by atoms with Gasteiger partial charge in [0.25, 0.3) is 0 Å². The van der Waals surface area contributed by atoms with Gasteiger partial charge in [0, 0.05) is 39.1 Å². The van der Waals surface area contributed by atoms with E-state index in [0.717, 1.165) is 12.8 Å². The Kier molecular flexibility index (Phi) is 4.22. The van der Waals surface area contributed by atoms with Crippen molar-refractivity contribution in [3.8, 4) is 0 Å². The van der Waals surface area contributed by atoms with E-state index in [1.807, 2.05) is 0 Å². The first-order valence-corrected chi connectivity index (χ1v) is 7.23. The summed E-state index contributed by atoms with van der Waals surface area (Å²) < 4.78 is 5.21. The van der Waals surface area contributed by atoms with Crippen LogP contribution >= 0.6 is 0 Å². The van der Waals surface area contributed by atoms with E-state index in [1.165, 1.54) is 0 Å². The van der Waals surface area contributed by atoms with Crippen molar-refractivity contribution in [1.82, 2.24) is 10.2 Å². The van der Waals surface area contributed by atoms with Crippen molar-refractivity contribution in [2.45, 2.75) is 45.1 Å². The van der Waals surface area contributed by atoms with Crippen LogP contribution in [-0.4, -0.2) is 53.8 Å². The summed E-state index contributed by atoms with van der Waals surface area (Å²) in [7, 11) is 0. The molecule has 0 spiro atoms. The second-order valence-corrected chi connectivity index (χ2v) is 6.62. The first kappa shape index (κ1) is 15.1. The van der Waals surface area contributed by atoms with Crippen molar-refractivity contribution in [2.75, 3.05) is 26.3 Å². The number of piperidine rings is 1. The lowest BCUT2D eigenvalue weighted by molar-refractivity contribution is -0.148. The fraction of sp³-hybridized carbons (Fsp3) is 0.857. The summed E-state index contributed by atoms with van der Waals surface area (Å²) in [6, 6.07) is -0.262. The Morgan fingerprint density at radius 2 is 1.85 bits per heavy atom. The van der Waals surface area contributed by atoms with Gasteiger partial charge >= 0.3 is 12.0 Å². The van der Waals surface area contributed by atoms with E-state index in [2.05, 4.69) is 19.2 Å². The van der Waals surface area contributed by atoms with E-state index in [9.17, 15) is 14.7 Å². The molecular formula is C14H24N2O4. The summed E-state index contributed by atoms with van der Waals surface area (Å²) in [5.41, 5.74) is -1.07. The van der Waals surface area contributed by atoms with Gasteiger partial charge in [0.05, 0.1) is 0 Å². The van der Waals surface area contributed by atoms with E-state index in [0.29, 0.717) is 39.1 Å². The Morgan fingerprint density at radius 3 is 2.40 bits per heavy atom. The van der Waals surface area contributed by atoms with Gasteiger partial charge in [-0.1, -0.05) is 13.8 Å². The summed E-state index contributed by atoms with van der Waals surface area (Å²) in [5, 5.41) is 12.2. The molecule has 114 valence electrons. The highest BCUT2D eigenvalue weighted by molar-refractivity contribution is 5.86. The molecule has 0 radical (unpaired) electrons. The molecule has 0 atom stereocenters. The van der Waals surface area contributed by atoms with Crippen LogP contribution in [0.25, 0.3) is 0 Å². The third-order valence-electron chi connectivity index (χ3n) is 4.29. The summed E-state index contributed by atoms with van der Waals surface area (Å²) in [5.74, 6) is -0.967. The quantitative estimate of drug-likeness (QED) is 0.804. The number of nitrogens with one attached hydrogen (secondary N) is 1. The number of rotatable bonds is 2. The Labute approximate surface area is 119 Å². The van der Waals surface area contributed by atoms with Crippen molar-refractivity contribution in [1.29, 1.82) is 0 Å². The highest BCUT2D eigenvalue weighted by Crippen LogP contribution is 2.29. The molecule has 0 aliphatic carbocycles. The van der Waals surface area contributed by atoms with Gasteiger partial charge in [-0.2, -0.15) is 0 Å². The number of hydrogen-bond acceptors (Lipinski definition) is 3. The number of carbonyl (C=O) groups is 2. The molecule has 2 fully saturated rings. The molecule has 2 N–H and O–H groups in total. The highest BCUT2D eigenvalue weighted by Gasteiger charge is 2.43. The summed E-state index contributed by atoms with van der Waals surface area (Å²) >= 11 is 0. The summed E-state index contributed by atoms with van der Waals surface area (Å²) in [6.45, 7) is 6.38. The Balaban J connectivity index is 2.03. The lowest BCUT2D eigenvalue weighted by Gasteiger charge is -2.41. The molecule has 20 heavy (non-hydrogen) atoms. The Morgan fingerprint density at radius 1 is 1.20 bits per heavy atom. The van der Waals surface area contributed by atoms with Gasteiger partial charge in [-0.15, -0.1) is 0 Å². The largest absolute Gasteiger partial charge is 0.480 e. The highest BCUT2D eigenvalue weighted by atomic mass is 16.5. The number of likely N-dealkylation sites (tertiary alicyclic amines) is 1. The molecular weight excluding hydrogens is 260 g/mol. The van der Waals surface area contributed by atoms with Crippen LogP contribution in [0, 0.1) is 5.41 Å². The van der Waals surface area contributed by atoms with Gasteiger partial charge in [-0.3, -0.25) is 0 Å². The van der Waals surface area contributed by atoms with Crippen LogP contribution in [0.2, 0.25) is 0 Å². The second-order valence-electron chi connectivity index (χ2n) is 6.62. The zero-order valence-corrected chi connectivity index (χ0v) is 12.3. The number of nitrogens with zero attached hydrogens (tertiary/aromatic N) is 1. The molecule has 2 heterocycles. The second kappa shape index (κ2) is 5.60. The third-order valence-corrected chi connectivity index (χ3v) is 4.29.